The van der Waals surface area contributed by atoms with Gasteiger partial charge in [-0.3, -0.25) is 4.79 Å². The first-order valence-corrected chi connectivity index (χ1v) is 7.15. The van der Waals surface area contributed by atoms with Gasteiger partial charge >= 0.3 is 5.82 Å². The number of carbonyl (C=O) groups is 1. The summed E-state index contributed by atoms with van der Waals surface area (Å²) in [6.45, 7) is 6.86. The molecule has 0 saturated carbocycles. The number of nitro groups is 1. The first-order valence-electron chi connectivity index (χ1n) is 6.35. The van der Waals surface area contributed by atoms with Crippen molar-refractivity contribution in [2.75, 3.05) is 0 Å². The van der Waals surface area contributed by atoms with Gasteiger partial charge in [-0.25, -0.2) is 0 Å². The van der Waals surface area contributed by atoms with Gasteiger partial charge in [-0.1, -0.05) is 12.8 Å². The summed E-state index contributed by atoms with van der Waals surface area (Å²) in [4.78, 5) is 22.5. The molecular weight excluding hydrogens is 340 g/mol. The second-order valence-corrected chi connectivity index (χ2v) is 5.71. The molecule has 1 amide bonds. The molecule has 1 N–H and O–H groups in total. The number of terminal acetylenes is 1. The summed E-state index contributed by atoms with van der Waals surface area (Å²) in [6.07, 6.45) is 5.99. The Hall–Kier alpha value is -1.88. The molecule has 8 heteroatoms. The highest BCUT2D eigenvalue weighted by atomic mass is 79.9. The monoisotopic (exact) mass is 356 g/mol. The van der Waals surface area contributed by atoms with Gasteiger partial charge in [-0.05, 0) is 48.0 Å². The van der Waals surface area contributed by atoms with Crippen LogP contribution in [0.25, 0.3) is 0 Å². The molecule has 1 aromatic rings. The Morgan fingerprint density at radius 2 is 2.29 bits per heavy atom. The summed E-state index contributed by atoms with van der Waals surface area (Å²) in [6, 6.07) is -0.714. The average molecular weight is 357 g/mol. The molecule has 114 valence electrons. The molecule has 1 aromatic heterocycles. The Labute approximate surface area is 131 Å². The molecule has 0 aromatic carbocycles. The topological polar surface area (TPSA) is 90.1 Å². The molecule has 0 radical (unpaired) electrons. The summed E-state index contributed by atoms with van der Waals surface area (Å²) < 4.78 is 1.58. The summed E-state index contributed by atoms with van der Waals surface area (Å²) in [5.74, 6) is 1.88. The number of hydrogen-bond donors (Lipinski definition) is 1. The minimum absolute atomic E-state index is 0.266. The smallest absolute Gasteiger partial charge is 0.358 e. The van der Waals surface area contributed by atoms with Gasteiger partial charge in [-0.2, -0.15) is 4.68 Å². The van der Waals surface area contributed by atoms with E-state index in [1.165, 1.54) is 4.68 Å². The van der Waals surface area contributed by atoms with Crippen LogP contribution in [0.4, 0.5) is 5.82 Å². The summed E-state index contributed by atoms with van der Waals surface area (Å²) in [7, 11) is 0. The van der Waals surface area contributed by atoms with Crippen molar-refractivity contribution in [1.29, 1.82) is 0 Å². The van der Waals surface area contributed by atoms with E-state index in [0.29, 0.717) is 12.1 Å². The van der Waals surface area contributed by atoms with E-state index in [2.05, 4.69) is 32.3 Å². The third kappa shape index (κ3) is 3.42. The summed E-state index contributed by atoms with van der Waals surface area (Å²) >= 11 is 3.12. The van der Waals surface area contributed by atoms with E-state index >= 15 is 0 Å². The lowest BCUT2D eigenvalue weighted by Gasteiger charge is -2.25. The maximum Gasteiger partial charge on any atom is 0.404 e. The predicted octanol–water partition coefficient (Wildman–Crippen LogP) is 2.34. The highest BCUT2D eigenvalue weighted by Crippen LogP contribution is 2.29. The van der Waals surface area contributed by atoms with Crippen LogP contribution in [0.1, 0.15) is 38.9 Å². The highest BCUT2D eigenvalue weighted by Gasteiger charge is 2.31. The molecule has 0 saturated heterocycles. The number of halogens is 1. The Morgan fingerprint density at radius 1 is 1.71 bits per heavy atom. The van der Waals surface area contributed by atoms with Gasteiger partial charge in [0.1, 0.15) is 10.5 Å². The number of aromatic nitrogens is 2. The fraction of sp³-hybridized carbons (Fsp3) is 0.538. The number of carbonyl (C=O) groups excluding carboxylic acids is 1. The van der Waals surface area contributed by atoms with Gasteiger partial charge in [0.05, 0.1) is 16.3 Å². The van der Waals surface area contributed by atoms with Crippen molar-refractivity contribution in [3.05, 3.63) is 20.3 Å². The lowest BCUT2D eigenvalue weighted by Crippen LogP contribution is -2.47. The molecule has 0 aliphatic rings. The van der Waals surface area contributed by atoms with E-state index in [1.807, 2.05) is 6.92 Å². The van der Waals surface area contributed by atoms with Crippen LogP contribution in [0.3, 0.4) is 0 Å². The van der Waals surface area contributed by atoms with Crippen LogP contribution >= 0.6 is 15.9 Å². The van der Waals surface area contributed by atoms with Gasteiger partial charge in [0.15, 0.2) is 0 Å². The first kappa shape index (κ1) is 17.2. The molecular formula is C13H17BrN4O3. The Bertz CT molecular complexity index is 620. The Kier molecular flexibility index (Phi) is 5.12. The highest BCUT2D eigenvalue weighted by molar-refractivity contribution is 9.10. The minimum Gasteiger partial charge on any atom is -0.358 e. The van der Waals surface area contributed by atoms with Gasteiger partial charge in [0, 0.05) is 0 Å². The van der Waals surface area contributed by atoms with Crippen LogP contribution < -0.4 is 5.32 Å². The normalized spacial score (nSPS) is 14.9. The molecule has 1 rings (SSSR count). The van der Waals surface area contributed by atoms with Crippen molar-refractivity contribution in [3.8, 4) is 12.3 Å². The maximum atomic E-state index is 12.3. The number of amides is 1. The van der Waals surface area contributed by atoms with Crippen LogP contribution in [0.2, 0.25) is 0 Å². The third-order valence-corrected chi connectivity index (χ3v) is 4.33. The minimum atomic E-state index is -0.754. The SMILES string of the molecule is C#C[C@](C)(CC)NC(=O)[C@H](C)n1nc([N+](=O)[O-])c(Br)c1C. The van der Waals surface area contributed by atoms with Crippen molar-refractivity contribution >= 4 is 27.7 Å². The molecule has 0 spiro atoms. The van der Waals surface area contributed by atoms with E-state index in [0.717, 1.165) is 0 Å². The van der Waals surface area contributed by atoms with E-state index in [9.17, 15) is 14.9 Å². The van der Waals surface area contributed by atoms with Crippen molar-refractivity contribution in [2.45, 2.75) is 45.7 Å². The number of hydrogen-bond acceptors (Lipinski definition) is 4. The number of rotatable bonds is 5. The molecule has 0 unspecified atom stereocenters. The molecule has 2 atom stereocenters. The quantitative estimate of drug-likeness (QED) is 0.498. The van der Waals surface area contributed by atoms with E-state index in [1.54, 1.807) is 20.8 Å². The molecule has 0 fully saturated rings. The summed E-state index contributed by atoms with van der Waals surface area (Å²) in [5.41, 5.74) is -0.251. The summed E-state index contributed by atoms with van der Waals surface area (Å²) in [5, 5.41) is 17.5. The molecule has 1 heterocycles. The van der Waals surface area contributed by atoms with E-state index < -0.39 is 16.5 Å². The van der Waals surface area contributed by atoms with E-state index in [4.69, 9.17) is 6.42 Å². The zero-order valence-electron chi connectivity index (χ0n) is 12.3. The van der Waals surface area contributed by atoms with Crippen molar-refractivity contribution in [2.24, 2.45) is 0 Å². The third-order valence-electron chi connectivity index (χ3n) is 3.40. The maximum absolute atomic E-state index is 12.3. The van der Waals surface area contributed by atoms with Crippen LogP contribution in [0.5, 0.6) is 0 Å². The molecule has 0 aliphatic heterocycles. The van der Waals surface area contributed by atoms with Gasteiger partial charge in [0.25, 0.3) is 0 Å². The van der Waals surface area contributed by atoms with Crippen LogP contribution in [-0.2, 0) is 4.79 Å². The average Bonchev–Trinajstić information content (AvgIpc) is 2.74. The molecule has 0 bridgehead atoms. The lowest BCUT2D eigenvalue weighted by molar-refractivity contribution is -0.390. The van der Waals surface area contributed by atoms with Gasteiger partial charge < -0.3 is 15.4 Å². The van der Waals surface area contributed by atoms with Crippen LogP contribution in [0, 0.1) is 29.4 Å². The molecule has 0 aliphatic carbocycles. The Balaban J connectivity index is 3.07. The number of nitrogens with zero attached hydrogens (tertiary/aromatic N) is 3. The molecule has 7 nitrogen and oxygen atoms in total. The van der Waals surface area contributed by atoms with Crippen molar-refractivity contribution in [1.82, 2.24) is 15.1 Å². The van der Waals surface area contributed by atoms with Crippen LogP contribution in [0.15, 0.2) is 4.47 Å². The fourth-order valence-corrected chi connectivity index (χ4v) is 2.10. The lowest BCUT2D eigenvalue weighted by atomic mass is 10.00. The fourth-order valence-electron chi connectivity index (χ4n) is 1.69. The predicted molar refractivity (Wildman–Crippen MR) is 81.7 cm³/mol. The van der Waals surface area contributed by atoms with Crippen LogP contribution in [-0.4, -0.2) is 26.1 Å². The molecule has 21 heavy (non-hydrogen) atoms. The van der Waals surface area contributed by atoms with E-state index in [-0.39, 0.29) is 16.2 Å². The van der Waals surface area contributed by atoms with Crippen molar-refractivity contribution in [3.63, 3.8) is 0 Å². The van der Waals surface area contributed by atoms with Gasteiger partial charge in [0.2, 0.25) is 5.91 Å². The second-order valence-electron chi connectivity index (χ2n) is 4.92. The number of nitrogens with one attached hydrogen (secondary N) is 1. The standard InChI is InChI=1S/C13H17BrN4O3/c1-6-13(5,7-2)15-12(19)9(4)17-8(3)10(14)11(16-17)18(20)21/h1,9H,7H2,2-5H3,(H,15,19)/t9-,13+/m0/s1. The second kappa shape index (κ2) is 6.26. The zero-order chi connectivity index (χ0) is 16.4. The van der Waals surface area contributed by atoms with Gasteiger partial charge in [-0.15, -0.1) is 6.42 Å². The van der Waals surface area contributed by atoms with Crippen molar-refractivity contribution < 1.29 is 9.72 Å². The zero-order valence-corrected chi connectivity index (χ0v) is 13.9. The first-order chi connectivity index (χ1) is 9.66. The Morgan fingerprint density at radius 3 is 2.67 bits per heavy atom. The largest absolute Gasteiger partial charge is 0.404 e.